The van der Waals surface area contributed by atoms with Crippen molar-refractivity contribution in [1.29, 1.82) is 0 Å². The Morgan fingerprint density at radius 2 is 2.03 bits per heavy atom. The molecule has 30 heavy (non-hydrogen) atoms. The molecule has 1 atom stereocenters. The topological polar surface area (TPSA) is 87.6 Å². The summed E-state index contributed by atoms with van der Waals surface area (Å²) in [7, 11) is 0. The molecular weight excluding hydrogens is 382 g/mol. The van der Waals surface area contributed by atoms with Crippen LogP contribution in [-0.4, -0.2) is 51.8 Å². The molecule has 0 bridgehead atoms. The van der Waals surface area contributed by atoms with E-state index in [9.17, 15) is 14.7 Å². The molecule has 1 aromatic carbocycles. The molecule has 1 fully saturated rings. The second kappa shape index (κ2) is 7.41. The highest BCUT2D eigenvalue weighted by Crippen LogP contribution is 2.37. The molecule has 2 aliphatic rings. The summed E-state index contributed by atoms with van der Waals surface area (Å²) in [6, 6.07) is 9.99. The van der Waals surface area contributed by atoms with Crippen LogP contribution in [0.3, 0.4) is 0 Å². The summed E-state index contributed by atoms with van der Waals surface area (Å²) < 4.78 is 7.96. The number of hydrogen-bond donors (Lipinski definition) is 2. The number of pyridine rings is 1. The van der Waals surface area contributed by atoms with Crippen molar-refractivity contribution in [2.45, 2.75) is 32.4 Å². The molecule has 7 nitrogen and oxygen atoms in total. The molecule has 2 N–H and O–H groups in total. The molecule has 2 aromatic heterocycles. The minimum absolute atomic E-state index is 0.215. The van der Waals surface area contributed by atoms with Gasteiger partial charge in [0.2, 0.25) is 0 Å². The van der Waals surface area contributed by atoms with Crippen LogP contribution >= 0.6 is 0 Å². The van der Waals surface area contributed by atoms with E-state index >= 15 is 0 Å². The van der Waals surface area contributed by atoms with Crippen LogP contribution in [0, 0.1) is 0 Å². The summed E-state index contributed by atoms with van der Waals surface area (Å²) in [6.45, 7) is 5.38. The van der Waals surface area contributed by atoms with Crippen molar-refractivity contribution in [3.63, 3.8) is 0 Å². The van der Waals surface area contributed by atoms with E-state index in [1.54, 1.807) is 0 Å². The fourth-order valence-corrected chi connectivity index (χ4v) is 4.87. The van der Waals surface area contributed by atoms with E-state index in [-0.39, 0.29) is 5.56 Å². The van der Waals surface area contributed by atoms with Gasteiger partial charge in [-0.25, -0.2) is 4.79 Å². The van der Waals surface area contributed by atoms with Crippen LogP contribution in [0.15, 0.2) is 35.1 Å². The van der Waals surface area contributed by atoms with Gasteiger partial charge in [-0.05, 0) is 48.4 Å². The van der Waals surface area contributed by atoms with Gasteiger partial charge in [-0.3, -0.25) is 9.69 Å². The third-order valence-electron chi connectivity index (χ3n) is 6.37. The molecule has 4 heterocycles. The molecule has 0 aliphatic carbocycles. The number of aromatic nitrogens is 2. The van der Waals surface area contributed by atoms with Gasteiger partial charge >= 0.3 is 5.97 Å². The minimum atomic E-state index is -1.20. The average Bonchev–Trinajstić information content (AvgIpc) is 3.33. The number of H-pyrrole nitrogens is 1. The van der Waals surface area contributed by atoms with Gasteiger partial charge in [0.15, 0.2) is 0 Å². The Balaban J connectivity index is 1.62. The van der Waals surface area contributed by atoms with E-state index in [0.717, 1.165) is 55.8 Å². The number of ether oxygens (including phenoxy) is 1. The van der Waals surface area contributed by atoms with E-state index in [1.807, 2.05) is 13.0 Å². The smallest absolute Gasteiger partial charge is 0.341 e. The van der Waals surface area contributed by atoms with Gasteiger partial charge in [-0.15, -0.1) is 0 Å². The van der Waals surface area contributed by atoms with Crippen molar-refractivity contribution in [3.05, 3.63) is 57.5 Å². The standard InChI is InChI=1S/C23H25N3O4/c1-2-14-12-18(23(28)29)22(27)24-21(14)16-4-3-15-11-17-5-6-20(26(17)19(15)13-16)25-7-9-30-10-8-25/h3-4,11-13,20H,2,5-10H2,1H3,(H,24,27)(H,28,29). The number of rotatable bonds is 4. The van der Waals surface area contributed by atoms with E-state index in [2.05, 4.69) is 32.7 Å². The number of aromatic carboxylic acids is 1. The summed E-state index contributed by atoms with van der Waals surface area (Å²) in [5.74, 6) is -1.20. The zero-order valence-electron chi connectivity index (χ0n) is 17.0. The highest BCUT2D eigenvalue weighted by Gasteiger charge is 2.30. The van der Waals surface area contributed by atoms with Crippen LogP contribution in [-0.2, 0) is 17.6 Å². The predicted octanol–water partition coefficient (Wildman–Crippen LogP) is 3.03. The monoisotopic (exact) mass is 407 g/mol. The molecule has 0 saturated carbocycles. The molecule has 7 heteroatoms. The molecule has 0 spiro atoms. The zero-order chi connectivity index (χ0) is 20.8. The molecular formula is C23H25N3O4. The van der Waals surface area contributed by atoms with Crippen LogP contribution in [0.25, 0.3) is 22.2 Å². The number of benzene rings is 1. The van der Waals surface area contributed by atoms with Crippen molar-refractivity contribution < 1.29 is 14.6 Å². The average molecular weight is 407 g/mol. The normalized spacial score (nSPS) is 19.3. The highest BCUT2D eigenvalue weighted by molar-refractivity contribution is 5.89. The van der Waals surface area contributed by atoms with Crippen molar-refractivity contribution in [1.82, 2.24) is 14.5 Å². The van der Waals surface area contributed by atoms with Gasteiger partial charge in [-0.2, -0.15) is 0 Å². The van der Waals surface area contributed by atoms with Gasteiger partial charge in [0, 0.05) is 24.3 Å². The van der Waals surface area contributed by atoms with Crippen LogP contribution in [0.2, 0.25) is 0 Å². The van der Waals surface area contributed by atoms with E-state index in [4.69, 9.17) is 4.74 Å². The first-order valence-corrected chi connectivity index (χ1v) is 10.5. The Kier molecular flexibility index (Phi) is 4.72. The Hall–Kier alpha value is -2.90. The lowest BCUT2D eigenvalue weighted by Gasteiger charge is -2.33. The van der Waals surface area contributed by atoms with Crippen molar-refractivity contribution >= 4 is 16.9 Å². The largest absolute Gasteiger partial charge is 0.477 e. The number of aryl methyl sites for hydroxylation is 2. The lowest BCUT2D eigenvalue weighted by atomic mass is 10.0. The molecule has 0 amide bonds. The van der Waals surface area contributed by atoms with Crippen LogP contribution < -0.4 is 5.56 Å². The number of nitrogens with one attached hydrogen (secondary N) is 1. The summed E-state index contributed by atoms with van der Waals surface area (Å²) >= 11 is 0. The maximum atomic E-state index is 12.3. The van der Waals surface area contributed by atoms with Gasteiger partial charge in [0.1, 0.15) is 5.56 Å². The number of nitrogens with zero attached hydrogens (tertiary/aromatic N) is 2. The first-order valence-electron chi connectivity index (χ1n) is 10.5. The third kappa shape index (κ3) is 3.05. The van der Waals surface area contributed by atoms with Crippen molar-refractivity contribution in [3.8, 4) is 11.3 Å². The third-order valence-corrected chi connectivity index (χ3v) is 6.37. The number of aromatic amines is 1. The summed E-state index contributed by atoms with van der Waals surface area (Å²) in [4.78, 5) is 29.0. The quantitative estimate of drug-likeness (QED) is 0.694. The Morgan fingerprint density at radius 3 is 2.77 bits per heavy atom. The lowest BCUT2D eigenvalue weighted by molar-refractivity contribution is 0.00178. The van der Waals surface area contributed by atoms with Gasteiger partial charge in [0.25, 0.3) is 5.56 Å². The molecule has 2 aliphatic heterocycles. The van der Waals surface area contributed by atoms with Gasteiger partial charge in [0.05, 0.1) is 30.6 Å². The number of carbonyl (C=O) groups is 1. The fraction of sp³-hybridized carbons (Fsp3) is 0.391. The minimum Gasteiger partial charge on any atom is -0.477 e. The first-order chi connectivity index (χ1) is 14.6. The summed E-state index contributed by atoms with van der Waals surface area (Å²) in [5, 5.41) is 10.5. The highest BCUT2D eigenvalue weighted by atomic mass is 16.5. The van der Waals surface area contributed by atoms with Crippen molar-refractivity contribution in [2.24, 2.45) is 0 Å². The maximum Gasteiger partial charge on any atom is 0.341 e. The molecule has 1 unspecified atom stereocenters. The van der Waals surface area contributed by atoms with E-state index in [1.165, 1.54) is 17.1 Å². The second-order valence-corrected chi connectivity index (χ2v) is 8.02. The van der Waals surface area contributed by atoms with Crippen molar-refractivity contribution in [2.75, 3.05) is 26.3 Å². The maximum absolute atomic E-state index is 12.3. The van der Waals surface area contributed by atoms with E-state index < -0.39 is 11.5 Å². The lowest BCUT2D eigenvalue weighted by Crippen LogP contribution is -2.40. The Labute approximate surface area is 173 Å². The number of fused-ring (bicyclic) bond motifs is 3. The van der Waals surface area contributed by atoms with Crippen LogP contribution in [0.4, 0.5) is 0 Å². The molecule has 3 aromatic rings. The van der Waals surface area contributed by atoms with Gasteiger partial charge in [-0.1, -0.05) is 19.1 Å². The zero-order valence-corrected chi connectivity index (χ0v) is 17.0. The number of morpholine rings is 1. The Morgan fingerprint density at radius 1 is 1.23 bits per heavy atom. The number of carboxylic acid groups (broad SMARTS) is 1. The summed E-state index contributed by atoms with van der Waals surface area (Å²) in [5.41, 5.74) is 4.14. The summed E-state index contributed by atoms with van der Waals surface area (Å²) in [6.07, 6.45) is 3.11. The predicted molar refractivity (Wildman–Crippen MR) is 114 cm³/mol. The number of hydrogen-bond acceptors (Lipinski definition) is 4. The number of carboxylic acids is 1. The Bertz CT molecular complexity index is 1190. The molecule has 1 saturated heterocycles. The molecule has 0 radical (unpaired) electrons. The first kappa shape index (κ1) is 19.1. The van der Waals surface area contributed by atoms with Gasteiger partial charge < -0.3 is 19.4 Å². The van der Waals surface area contributed by atoms with Crippen LogP contribution in [0.5, 0.6) is 0 Å². The van der Waals surface area contributed by atoms with Crippen LogP contribution in [0.1, 0.15) is 41.1 Å². The SMILES string of the molecule is CCc1cc(C(=O)O)c(=O)[nH]c1-c1ccc2cc3n(c2c1)C(N1CCOCC1)CC3. The van der Waals surface area contributed by atoms with E-state index in [0.29, 0.717) is 18.3 Å². The fourth-order valence-electron chi connectivity index (χ4n) is 4.87. The second-order valence-electron chi connectivity index (χ2n) is 8.02. The molecule has 156 valence electrons. The molecule has 5 rings (SSSR count).